The molecule has 1 atom stereocenters. The lowest BCUT2D eigenvalue weighted by atomic mass is 10.1. The molecular formula is C20H24O5. The number of aliphatic hydroxyl groups excluding tert-OH is 1. The Morgan fingerprint density at radius 2 is 1.80 bits per heavy atom. The molecule has 0 bridgehead atoms. The van der Waals surface area contributed by atoms with E-state index in [1.807, 2.05) is 51.1 Å². The van der Waals surface area contributed by atoms with E-state index in [0.29, 0.717) is 23.7 Å². The van der Waals surface area contributed by atoms with Crippen molar-refractivity contribution < 1.29 is 24.1 Å². The van der Waals surface area contributed by atoms with Crippen LogP contribution in [0.15, 0.2) is 48.5 Å². The number of esters is 1. The van der Waals surface area contributed by atoms with Crippen LogP contribution in [0, 0.1) is 0 Å². The van der Waals surface area contributed by atoms with Gasteiger partial charge < -0.3 is 19.3 Å². The zero-order valence-corrected chi connectivity index (χ0v) is 14.8. The molecule has 2 rings (SSSR count). The maximum Gasteiger partial charge on any atom is 0.339 e. The third-order valence-corrected chi connectivity index (χ3v) is 3.39. The molecule has 134 valence electrons. The number of hydrogen-bond acceptors (Lipinski definition) is 5. The molecular weight excluding hydrogens is 320 g/mol. The lowest BCUT2D eigenvalue weighted by Crippen LogP contribution is -2.16. The van der Waals surface area contributed by atoms with Crippen LogP contribution in [-0.2, 0) is 16.1 Å². The minimum atomic E-state index is -1.38. The van der Waals surface area contributed by atoms with Crippen molar-refractivity contribution in [2.45, 2.75) is 39.6 Å². The molecule has 0 heterocycles. The van der Waals surface area contributed by atoms with Gasteiger partial charge in [0.15, 0.2) is 17.6 Å². The van der Waals surface area contributed by atoms with Gasteiger partial charge in [-0.2, -0.15) is 0 Å². The Bertz CT molecular complexity index is 682. The second-order valence-corrected chi connectivity index (χ2v) is 5.80. The van der Waals surface area contributed by atoms with Crippen LogP contribution in [0.4, 0.5) is 0 Å². The Morgan fingerprint density at radius 3 is 2.44 bits per heavy atom. The molecule has 25 heavy (non-hydrogen) atoms. The molecule has 2 aromatic carbocycles. The van der Waals surface area contributed by atoms with E-state index in [1.165, 1.54) is 0 Å². The van der Waals surface area contributed by atoms with E-state index in [4.69, 9.17) is 14.2 Å². The van der Waals surface area contributed by atoms with Gasteiger partial charge in [-0.1, -0.05) is 36.4 Å². The summed E-state index contributed by atoms with van der Waals surface area (Å²) in [5, 5.41) is 10.3. The van der Waals surface area contributed by atoms with E-state index in [-0.39, 0.29) is 12.7 Å². The summed E-state index contributed by atoms with van der Waals surface area (Å²) < 4.78 is 16.4. The minimum absolute atomic E-state index is 0.00850. The van der Waals surface area contributed by atoms with Crippen molar-refractivity contribution in [2.24, 2.45) is 0 Å². The molecule has 0 aliphatic carbocycles. The number of aliphatic hydroxyl groups is 1. The average molecular weight is 344 g/mol. The molecule has 0 aliphatic heterocycles. The van der Waals surface area contributed by atoms with Crippen molar-refractivity contribution in [1.29, 1.82) is 0 Å². The highest BCUT2D eigenvalue weighted by Gasteiger charge is 2.21. The van der Waals surface area contributed by atoms with Crippen molar-refractivity contribution in [3.63, 3.8) is 0 Å². The predicted octanol–water partition coefficient (Wildman–Crippen LogP) is 3.65. The lowest BCUT2D eigenvalue weighted by Gasteiger charge is -2.17. The van der Waals surface area contributed by atoms with Crippen molar-refractivity contribution in [3.05, 3.63) is 59.7 Å². The summed E-state index contributed by atoms with van der Waals surface area (Å²) in [6, 6.07) is 14.2. The van der Waals surface area contributed by atoms with E-state index >= 15 is 0 Å². The first kappa shape index (κ1) is 18.8. The van der Waals surface area contributed by atoms with Gasteiger partial charge in [0.1, 0.15) is 6.61 Å². The Kier molecular flexibility index (Phi) is 6.83. The molecule has 5 nitrogen and oxygen atoms in total. The summed E-state index contributed by atoms with van der Waals surface area (Å²) in [5.74, 6) is 0.359. The van der Waals surface area contributed by atoms with E-state index < -0.39 is 12.1 Å². The molecule has 1 unspecified atom stereocenters. The first-order valence-corrected chi connectivity index (χ1v) is 8.33. The van der Waals surface area contributed by atoms with E-state index in [0.717, 1.165) is 5.56 Å². The van der Waals surface area contributed by atoms with Gasteiger partial charge >= 0.3 is 5.97 Å². The van der Waals surface area contributed by atoms with Crippen LogP contribution >= 0.6 is 0 Å². The molecule has 0 saturated heterocycles. The average Bonchev–Trinajstić information content (AvgIpc) is 2.61. The summed E-state index contributed by atoms with van der Waals surface area (Å²) in [7, 11) is 0. The van der Waals surface area contributed by atoms with E-state index in [9.17, 15) is 9.90 Å². The van der Waals surface area contributed by atoms with E-state index in [2.05, 4.69) is 0 Å². The quantitative estimate of drug-likeness (QED) is 0.741. The maximum absolute atomic E-state index is 12.1. The summed E-state index contributed by atoms with van der Waals surface area (Å²) in [6.07, 6.45) is -1.39. The molecule has 0 amide bonds. The first-order chi connectivity index (χ1) is 12.0. The smallest absolute Gasteiger partial charge is 0.339 e. The second-order valence-electron chi connectivity index (χ2n) is 5.80. The Hall–Kier alpha value is -2.53. The molecule has 0 aromatic heterocycles. The van der Waals surface area contributed by atoms with Crippen LogP contribution in [-0.4, -0.2) is 23.8 Å². The third kappa shape index (κ3) is 5.50. The Morgan fingerprint density at radius 1 is 1.08 bits per heavy atom. The van der Waals surface area contributed by atoms with E-state index in [1.54, 1.807) is 18.2 Å². The molecule has 1 N–H and O–H groups in total. The fourth-order valence-electron chi connectivity index (χ4n) is 2.26. The third-order valence-electron chi connectivity index (χ3n) is 3.39. The van der Waals surface area contributed by atoms with Gasteiger partial charge in [-0.3, -0.25) is 0 Å². The van der Waals surface area contributed by atoms with Crippen molar-refractivity contribution in [2.75, 3.05) is 6.61 Å². The van der Waals surface area contributed by atoms with Gasteiger partial charge in [0.2, 0.25) is 0 Å². The minimum Gasteiger partial charge on any atom is -0.490 e. The Balaban J connectivity index is 2.07. The van der Waals surface area contributed by atoms with Gasteiger partial charge in [0.05, 0.1) is 12.7 Å². The molecule has 2 aromatic rings. The normalized spacial score (nSPS) is 11.9. The number of carbonyl (C=O) groups is 1. The molecule has 0 aliphatic rings. The van der Waals surface area contributed by atoms with Crippen LogP contribution in [0.1, 0.15) is 38.0 Å². The summed E-state index contributed by atoms with van der Waals surface area (Å²) in [5.41, 5.74) is 1.26. The van der Waals surface area contributed by atoms with Gasteiger partial charge in [-0.25, -0.2) is 4.79 Å². The standard InChI is InChI=1S/C20H24O5/c1-4-23-18-12-16(10-11-17(18)25-14(2)3)19(21)20(22)24-13-15-8-6-5-7-9-15/h5-12,14,19,21H,4,13H2,1-3H3. The van der Waals surface area contributed by atoms with Crippen molar-refractivity contribution >= 4 is 5.97 Å². The second kappa shape index (κ2) is 9.08. The highest BCUT2D eigenvalue weighted by molar-refractivity contribution is 5.76. The lowest BCUT2D eigenvalue weighted by molar-refractivity contribution is -0.155. The highest BCUT2D eigenvalue weighted by atomic mass is 16.5. The Labute approximate surface area is 148 Å². The number of hydrogen-bond donors (Lipinski definition) is 1. The number of carbonyl (C=O) groups excluding carboxylic acids is 1. The van der Waals surface area contributed by atoms with Crippen LogP contribution in [0.3, 0.4) is 0 Å². The molecule has 0 saturated carbocycles. The summed E-state index contributed by atoms with van der Waals surface area (Å²) in [6.45, 7) is 6.26. The monoisotopic (exact) mass is 344 g/mol. The van der Waals surface area contributed by atoms with Crippen LogP contribution < -0.4 is 9.47 Å². The largest absolute Gasteiger partial charge is 0.490 e. The van der Waals surface area contributed by atoms with Crippen LogP contribution in [0.2, 0.25) is 0 Å². The molecule has 0 radical (unpaired) electrons. The number of rotatable bonds is 8. The number of benzene rings is 2. The van der Waals surface area contributed by atoms with Crippen LogP contribution in [0.5, 0.6) is 11.5 Å². The SMILES string of the molecule is CCOc1cc(C(O)C(=O)OCc2ccccc2)ccc1OC(C)C. The number of ether oxygens (including phenoxy) is 3. The topological polar surface area (TPSA) is 65.0 Å². The predicted molar refractivity (Wildman–Crippen MR) is 94.6 cm³/mol. The van der Waals surface area contributed by atoms with Gasteiger partial charge in [0.25, 0.3) is 0 Å². The van der Waals surface area contributed by atoms with Gasteiger partial charge in [-0.05, 0) is 44.0 Å². The zero-order valence-electron chi connectivity index (χ0n) is 14.8. The van der Waals surface area contributed by atoms with Gasteiger partial charge in [-0.15, -0.1) is 0 Å². The first-order valence-electron chi connectivity index (χ1n) is 8.33. The molecule has 0 spiro atoms. The van der Waals surface area contributed by atoms with Crippen LogP contribution in [0.25, 0.3) is 0 Å². The van der Waals surface area contributed by atoms with Crippen molar-refractivity contribution in [1.82, 2.24) is 0 Å². The summed E-state index contributed by atoms with van der Waals surface area (Å²) in [4.78, 5) is 12.1. The fourth-order valence-corrected chi connectivity index (χ4v) is 2.26. The molecule has 0 fully saturated rings. The summed E-state index contributed by atoms with van der Waals surface area (Å²) >= 11 is 0. The maximum atomic E-state index is 12.1. The fraction of sp³-hybridized carbons (Fsp3) is 0.350. The molecule has 5 heteroatoms. The van der Waals surface area contributed by atoms with Crippen molar-refractivity contribution in [3.8, 4) is 11.5 Å². The zero-order chi connectivity index (χ0) is 18.2. The highest BCUT2D eigenvalue weighted by Crippen LogP contribution is 2.32. The van der Waals surface area contributed by atoms with Gasteiger partial charge in [0, 0.05) is 0 Å².